The average molecular weight is 345 g/mol. The van der Waals surface area contributed by atoms with Gasteiger partial charge in [0.15, 0.2) is 0 Å². The highest BCUT2D eigenvalue weighted by Crippen LogP contribution is 2.14. The third-order valence-electron chi connectivity index (χ3n) is 4.02. The summed E-state index contributed by atoms with van der Waals surface area (Å²) in [6.45, 7) is 3.82. The molecule has 0 saturated heterocycles. The van der Waals surface area contributed by atoms with E-state index >= 15 is 0 Å². The Kier molecular flexibility index (Phi) is 7.47. The Balaban J connectivity index is 1.91. The van der Waals surface area contributed by atoms with Crippen molar-refractivity contribution in [3.05, 3.63) is 48.0 Å². The molecule has 0 aliphatic heterocycles. The summed E-state index contributed by atoms with van der Waals surface area (Å²) in [5.41, 5.74) is 1.94. The van der Waals surface area contributed by atoms with Crippen molar-refractivity contribution in [3.8, 4) is 5.75 Å². The van der Waals surface area contributed by atoms with Gasteiger partial charge in [0.05, 0.1) is 25.7 Å². The molecule has 1 aromatic heterocycles. The SMILES string of the molecule is CCCn1cnc(CCC(=O)N(CCO)Cc2ccc(OC)cc2)c1. The lowest BCUT2D eigenvalue weighted by atomic mass is 10.1. The number of benzene rings is 1. The largest absolute Gasteiger partial charge is 0.497 e. The van der Waals surface area contributed by atoms with Gasteiger partial charge in [-0.1, -0.05) is 19.1 Å². The molecule has 0 radical (unpaired) electrons. The van der Waals surface area contributed by atoms with E-state index in [0.29, 0.717) is 25.9 Å². The Morgan fingerprint density at radius 1 is 1.32 bits per heavy atom. The highest BCUT2D eigenvalue weighted by atomic mass is 16.5. The number of aromatic nitrogens is 2. The zero-order valence-corrected chi connectivity index (χ0v) is 15.0. The number of imidazole rings is 1. The van der Waals surface area contributed by atoms with E-state index in [9.17, 15) is 9.90 Å². The van der Waals surface area contributed by atoms with E-state index in [4.69, 9.17) is 4.74 Å². The van der Waals surface area contributed by atoms with Crippen LogP contribution in [-0.2, 0) is 24.3 Å². The van der Waals surface area contributed by atoms with E-state index in [-0.39, 0.29) is 12.5 Å². The summed E-state index contributed by atoms with van der Waals surface area (Å²) in [6.07, 6.45) is 5.86. The van der Waals surface area contributed by atoms with E-state index < -0.39 is 0 Å². The quantitative estimate of drug-likeness (QED) is 0.717. The second-order valence-electron chi connectivity index (χ2n) is 5.99. The van der Waals surface area contributed by atoms with Crippen LogP contribution in [0.5, 0.6) is 5.75 Å². The van der Waals surface area contributed by atoms with Crippen molar-refractivity contribution in [2.75, 3.05) is 20.3 Å². The molecule has 1 heterocycles. The first-order chi connectivity index (χ1) is 12.2. The second kappa shape index (κ2) is 9.84. The lowest BCUT2D eigenvalue weighted by Gasteiger charge is -2.22. The molecule has 6 nitrogen and oxygen atoms in total. The molecule has 2 rings (SSSR count). The van der Waals surface area contributed by atoms with Gasteiger partial charge < -0.3 is 19.3 Å². The monoisotopic (exact) mass is 345 g/mol. The van der Waals surface area contributed by atoms with Gasteiger partial charge in [-0.2, -0.15) is 0 Å². The third-order valence-corrected chi connectivity index (χ3v) is 4.02. The van der Waals surface area contributed by atoms with Gasteiger partial charge in [-0.25, -0.2) is 4.98 Å². The van der Waals surface area contributed by atoms with E-state index in [1.807, 2.05) is 41.4 Å². The van der Waals surface area contributed by atoms with Crippen LogP contribution in [0.1, 0.15) is 31.0 Å². The fraction of sp³-hybridized carbons (Fsp3) is 0.474. The number of carbonyl (C=O) groups is 1. The maximum Gasteiger partial charge on any atom is 0.223 e. The number of aliphatic hydroxyl groups excluding tert-OH is 1. The molecule has 0 unspecified atom stereocenters. The number of hydrogen-bond donors (Lipinski definition) is 1. The molecule has 1 aromatic carbocycles. The summed E-state index contributed by atoms with van der Waals surface area (Å²) in [5.74, 6) is 0.807. The third kappa shape index (κ3) is 5.90. The van der Waals surface area contributed by atoms with Crippen LogP contribution in [0.3, 0.4) is 0 Å². The molecule has 1 amide bonds. The Hall–Kier alpha value is -2.34. The smallest absolute Gasteiger partial charge is 0.223 e. The topological polar surface area (TPSA) is 67.6 Å². The molecule has 0 aliphatic carbocycles. The number of amides is 1. The van der Waals surface area contributed by atoms with E-state index in [1.165, 1.54) is 0 Å². The summed E-state index contributed by atoms with van der Waals surface area (Å²) in [4.78, 5) is 18.6. The van der Waals surface area contributed by atoms with Crippen LogP contribution >= 0.6 is 0 Å². The van der Waals surface area contributed by atoms with Crippen molar-refractivity contribution in [1.82, 2.24) is 14.5 Å². The Bertz CT molecular complexity index is 652. The van der Waals surface area contributed by atoms with Gasteiger partial charge in [-0.15, -0.1) is 0 Å². The lowest BCUT2D eigenvalue weighted by Crippen LogP contribution is -2.33. The Morgan fingerprint density at radius 3 is 2.72 bits per heavy atom. The molecule has 25 heavy (non-hydrogen) atoms. The van der Waals surface area contributed by atoms with Crippen molar-refractivity contribution >= 4 is 5.91 Å². The number of rotatable bonds is 10. The molecule has 0 bridgehead atoms. The highest BCUT2D eigenvalue weighted by molar-refractivity contribution is 5.76. The number of carbonyl (C=O) groups excluding carboxylic acids is 1. The average Bonchev–Trinajstić information content (AvgIpc) is 3.08. The molecule has 6 heteroatoms. The first-order valence-corrected chi connectivity index (χ1v) is 8.68. The molecule has 0 spiro atoms. The van der Waals surface area contributed by atoms with Crippen LogP contribution in [0, 0.1) is 0 Å². The number of hydrogen-bond acceptors (Lipinski definition) is 4. The van der Waals surface area contributed by atoms with Crippen LogP contribution in [0.25, 0.3) is 0 Å². The molecule has 0 fully saturated rings. The highest BCUT2D eigenvalue weighted by Gasteiger charge is 2.14. The Morgan fingerprint density at radius 2 is 2.08 bits per heavy atom. The first-order valence-electron chi connectivity index (χ1n) is 8.68. The summed E-state index contributed by atoms with van der Waals surface area (Å²) >= 11 is 0. The van der Waals surface area contributed by atoms with Gasteiger partial charge in [-0.3, -0.25) is 4.79 Å². The number of aryl methyl sites for hydroxylation is 2. The van der Waals surface area contributed by atoms with Crippen LogP contribution < -0.4 is 4.74 Å². The molecular formula is C19H27N3O3. The molecule has 1 N–H and O–H groups in total. The standard InChI is InChI=1S/C19H27N3O3/c1-3-10-21-14-17(20-15-21)6-9-19(24)22(11-12-23)13-16-4-7-18(25-2)8-5-16/h4-5,7-8,14-15,23H,3,6,9-13H2,1-2H3. The predicted molar refractivity (Wildman–Crippen MR) is 96.3 cm³/mol. The normalized spacial score (nSPS) is 10.7. The minimum Gasteiger partial charge on any atom is -0.497 e. The molecule has 0 saturated carbocycles. The number of aliphatic hydroxyl groups is 1. The van der Waals surface area contributed by atoms with Crippen LogP contribution in [0.2, 0.25) is 0 Å². The first kappa shape index (κ1) is 19.0. The van der Waals surface area contributed by atoms with E-state index in [2.05, 4.69) is 11.9 Å². The van der Waals surface area contributed by atoms with Crippen molar-refractivity contribution in [2.24, 2.45) is 0 Å². The summed E-state index contributed by atoms with van der Waals surface area (Å²) in [6, 6.07) is 7.61. The minimum atomic E-state index is -0.0486. The second-order valence-corrected chi connectivity index (χ2v) is 5.99. The minimum absolute atomic E-state index is 0.0231. The lowest BCUT2D eigenvalue weighted by molar-refractivity contribution is -0.132. The summed E-state index contributed by atoms with van der Waals surface area (Å²) in [7, 11) is 1.62. The van der Waals surface area contributed by atoms with Gasteiger partial charge in [0, 0.05) is 32.3 Å². The fourth-order valence-corrected chi connectivity index (χ4v) is 2.67. The molecule has 136 valence electrons. The zero-order valence-electron chi connectivity index (χ0n) is 15.0. The van der Waals surface area contributed by atoms with Gasteiger partial charge >= 0.3 is 0 Å². The van der Waals surface area contributed by atoms with E-state index in [1.54, 1.807) is 12.0 Å². The van der Waals surface area contributed by atoms with Crippen LogP contribution in [-0.4, -0.2) is 45.7 Å². The Labute approximate surface area is 149 Å². The van der Waals surface area contributed by atoms with Gasteiger partial charge in [0.1, 0.15) is 5.75 Å². The number of ether oxygens (including phenoxy) is 1. The molecule has 0 atom stereocenters. The fourth-order valence-electron chi connectivity index (χ4n) is 2.67. The summed E-state index contributed by atoms with van der Waals surface area (Å²) in [5, 5.41) is 9.26. The molecule has 0 aliphatic rings. The van der Waals surface area contributed by atoms with Gasteiger partial charge in [0.2, 0.25) is 5.91 Å². The van der Waals surface area contributed by atoms with Crippen LogP contribution in [0.4, 0.5) is 0 Å². The van der Waals surface area contributed by atoms with Crippen molar-refractivity contribution in [1.29, 1.82) is 0 Å². The predicted octanol–water partition coefficient (Wildman–Crippen LogP) is 2.26. The molecule has 2 aromatic rings. The maximum absolute atomic E-state index is 12.5. The zero-order chi connectivity index (χ0) is 18.1. The van der Waals surface area contributed by atoms with Crippen molar-refractivity contribution in [3.63, 3.8) is 0 Å². The maximum atomic E-state index is 12.5. The van der Waals surface area contributed by atoms with Gasteiger partial charge in [-0.05, 0) is 30.5 Å². The summed E-state index contributed by atoms with van der Waals surface area (Å²) < 4.78 is 7.19. The molecular weight excluding hydrogens is 318 g/mol. The number of nitrogens with zero attached hydrogens (tertiary/aromatic N) is 3. The van der Waals surface area contributed by atoms with Crippen molar-refractivity contribution < 1.29 is 14.6 Å². The van der Waals surface area contributed by atoms with Crippen molar-refractivity contribution in [2.45, 2.75) is 39.3 Å². The number of methoxy groups -OCH3 is 1. The van der Waals surface area contributed by atoms with E-state index in [0.717, 1.165) is 30.0 Å². The van der Waals surface area contributed by atoms with Crippen LogP contribution in [0.15, 0.2) is 36.8 Å². The van der Waals surface area contributed by atoms with Gasteiger partial charge in [0.25, 0.3) is 0 Å².